The van der Waals surface area contributed by atoms with E-state index in [1.807, 2.05) is 13.8 Å². The lowest BCUT2D eigenvalue weighted by Gasteiger charge is -2.26. The molecule has 0 aromatic rings. The third-order valence-corrected chi connectivity index (χ3v) is 6.80. The number of carbonyl (C=O) groups excluding carboxylic acids is 3. The Balaban J connectivity index is 2.79. The molecule has 0 heterocycles. The number of sulfonamides is 1. The molecule has 3 unspecified atom stereocenters. The van der Waals surface area contributed by atoms with Crippen molar-refractivity contribution in [3.63, 3.8) is 0 Å². The Morgan fingerprint density at radius 2 is 1.77 bits per heavy atom. The smallest absolute Gasteiger partial charge is 0.242 e. The van der Waals surface area contributed by atoms with E-state index in [2.05, 4.69) is 22.3 Å². The first kappa shape index (κ1) is 26.3. The molecule has 0 spiro atoms. The van der Waals surface area contributed by atoms with Crippen molar-refractivity contribution in [1.82, 2.24) is 15.4 Å². The second-order valence-corrected chi connectivity index (χ2v) is 10.8. The minimum Gasteiger partial charge on any atom is -0.345 e. The lowest BCUT2D eigenvalue weighted by Crippen LogP contribution is -2.55. The fourth-order valence-corrected chi connectivity index (χ4v) is 4.82. The zero-order valence-electron chi connectivity index (χ0n) is 18.9. The second kappa shape index (κ2) is 11.6. The highest BCUT2D eigenvalue weighted by atomic mass is 32.2. The van der Waals surface area contributed by atoms with Gasteiger partial charge in [-0.05, 0) is 50.4 Å². The van der Waals surface area contributed by atoms with E-state index in [1.165, 1.54) is 6.92 Å². The van der Waals surface area contributed by atoms with Crippen LogP contribution in [0.15, 0.2) is 11.0 Å². The molecule has 4 atom stereocenters. The van der Waals surface area contributed by atoms with Crippen LogP contribution in [0.2, 0.25) is 0 Å². The Kier molecular flexibility index (Phi) is 10.2. The molecule has 0 fully saturated rings. The molecule has 1 aliphatic rings. The van der Waals surface area contributed by atoms with E-state index in [9.17, 15) is 22.8 Å². The summed E-state index contributed by atoms with van der Waals surface area (Å²) in [6.45, 7) is 10.9. The number of amides is 2. The zero-order valence-corrected chi connectivity index (χ0v) is 19.7. The van der Waals surface area contributed by atoms with Crippen molar-refractivity contribution in [2.45, 2.75) is 85.4 Å². The van der Waals surface area contributed by atoms with Gasteiger partial charge in [-0.1, -0.05) is 40.7 Å². The van der Waals surface area contributed by atoms with Gasteiger partial charge in [0.1, 0.15) is 18.4 Å². The molecule has 0 bridgehead atoms. The Morgan fingerprint density at radius 1 is 1.13 bits per heavy atom. The number of hydrogen-bond donors (Lipinski definition) is 3. The largest absolute Gasteiger partial charge is 0.345 e. The zero-order chi connectivity index (χ0) is 23.1. The summed E-state index contributed by atoms with van der Waals surface area (Å²) in [5.74, 6) is -0.717. The summed E-state index contributed by atoms with van der Waals surface area (Å²) in [4.78, 5) is 36.6. The molecule has 0 aliphatic heterocycles. The van der Waals surface area contributed by atoms with Gasteiger partial charge in [-0.15, -0.1) is 0 Å². The molecule has 3 N–H and O–H groups in total. The quantitative estimate of drug-likeness (QED) is 0.421. The van der Waals surface area contributed by atoms with E-state index < -0.39 is 40.0 Å². The normalized spacial score (nSPS) is 20.3. The molecule has 172 valence electrons. The number of hydrogen-bond acceptors (Lipinski definition) is 5. The number of rotatable bonds is 11. The summed E-state index contributed by atoms with van der Waals surface area (Å²) < 4.78 is 28.0. The summed E-state index contributed by atoms with van der Waals surface area (Å²) in [6, 6.07) is -2.55. The van der Waals surface area contributed by atoms with Crippen molar-refractivity contribution in [1.29, 1.82) is 0 Å². The molecule has 2 amide bonds. The molecular formula is C21H37N3O5S. The van der Waals surface area contributed by atoms with E-state index in [4.69, 9.17) is 0 Å². The number of carbonyl (C=O) groups is 3. The van der Waals surface area contributed by atoms with Gasteiger partial charge in [-0.3, -0.25) is 9.59 Å². The fourth-order valence-electron chi connectivity index (χ4n) is 3.25. The predicted molar refractivity (Wildman–Crippen MR) is 117 cm³/mol. The van der Waals surface area contributed by atoms with Gasteiger partial charge in [0, 0.05) is 0 Å². The van der Waals surface area contributed by atoms with Crippen LogP contribution in [0.4, 0.5) is 0 Å². The van der Waals surface area contributed by atoms with Crippen molar-refractivity contribution in [3.05, 3.63) is 11.0 Å². The maximum Gasteiger partial charge on any atom is 0.242 e. The first-order valence-corrected chi connectivity index (χ1v) is 12.1. The van der Waals surface area contributed by atoms with Gasteiger partial charge < -0.3 is 15.4 Å². The minimum absolute atomic E-state index is 0.224. The molecule has 0 aromatic heterocycles. The van der Waals surface area contributed by atoms with Crippen molar-refractivity contribution in [2.24, 2.45) is 17.8 Å². The SMILES string of the molecule is CC(C)CC(C=O)NC(=O)C(C)NC(=O)C(NS(=O)(=O)C1=CC[C@H](C)CC1)C(C)C. The van der Waals surface area contributed by atoms with Crippen LogP contribution < -0.4 is 15.4 Å². The van der Waals surface area contributed by atoms with E-state index in [0.717, 1.165) is 6.42 Å². The molecule has 1 rings (SSSR count). The molecule has 0 aromatic carbocycles. The van der Waals surface area contributed by atoms with Gasteiger partial charge in [-0.2, -0.15) is 4.72 Å². The topological polar surface area (TPSA) is 121 Å². The number of allylic oxidation sites excluding steroid dienone is 2. The van der Waals surface area contributed by atoms with E-state index in [1.54, 1.807) is 19.9 Å². The number of nitrogens with one attached hydrogen (secondary N) is 3. The molecule has 8 nitrogen and oxygen atoms in total. The van der Waals surface area contributed by atoms with E-state index in [-0.39, 0.29) is 11.8 Å². The Morgan fingerprint density at radius 3 is 2.23 bits per heavy atom. The van der Waals surface area contributed by atoms with Crippen LogP contribution in [-0.2, 0) is 24.4 Å². The highest BCUT2D eigenvalue weighted by molar-refractivity contribution is 7.93. The van der Waals surface area contributed by atoms with E-state index in [0.29, 0.717) is 36.4 Å². The molecule has 30 heavy (non-hydrogen) atoms. The average molecular weight is 444 g/mol. The van der Waals surface area contributed by atoms with Crippen LogP contribution in [0.25, 0.3) is 0 Å². The minimum atomic E-state index is -3.79. The summed E-state index contributed by atoms with van der Waals surface area (Å²) in [7, 11) is -3.79. The van der Waals surface area contributed by atoms with Crippen molar-refractivity contribution in [2.75, 3.05) is 0 Å². The van der Waals surface area contributed by atoms with Gasteiger partial charge in [0.05, 0.1) is 10.9 Å². The summed E-state index contributed by atoms with van der Waals surface area (Å²) >= 11 is 0. The molecule has 0 radical (unpaired) electrons. The van der Waals surface area contributed by atoms with Crippen LogP contribution in [0.5, 0.6) is 0 Å². The second-order valence-electron chi connectivity index (χ2n) is 9.00. The first-order valence-electron chi connectivity index (χ1n) is 10.6. The molecule has 0 saturated carbocycles. The monoisotopic (exact) mass is 443 g/mol. The number of aldehydes is 1. The Bertz CT molecular complexity index is 746. The fraction of sp³-hybridized carbons (Fsp3) is 0.762. The Hall–Kier alpha value is -1.74. The summed E-state index contributed by atoms with van der Waals surface area (Å²) in [5.41, 5.74) is 0. The van der Waals surface area contributed by atoms with Gasteiger partial charge in [0.2, 0.25) is 21.8 Å². The van der Waals surface area contributed by atoms with Gasteiger partial charge >= 0.3 is 0 Å². The lowest BCUT2D eigenvalue weighted by molar-refractivity contribution is -0.130. The molecule has 1 aliphatic carbocycles. The van der Waals surface area contributed by atoms with Crippen LogP contribution in [0.1, 0.15) is 67.2 Å². The summed E-state index contributed by atoms with van der Waals surface area (Å²) in [6.07, 6.45) is 4.83. The highest BCUT2D eigenvalue weighted by Gasteiger charge is 2.32. The molecule has 9 heteroatoms. The summed E-state index contributed by atoms with van der Waals surface area (Å²) in [5, 5.41) is 5.17. The van der Waals surface area contributed by atoms with Gasteiger partial charge in [0.15, 0.2) is 0 Å². The lowest BCUT2D eigenvalue weighted by atomic mass is 9.96. The van der Waals surface area contributed by atoms with Gasteiger partial charge in [-0.25, -0.2) is 8.42 Å². The van der Waals surface area contributed by atoms with Crippen molar-refractivity contribution >= 4 is 28.1 Å². The Labute approximate surface area is 180 Å². The van der Waals surface area contributed by atoms with E-state index >= 15 is 0 Å². The van der Waals surface area contributed by atoms with Crippen molar-refractivity contribution < 1.29 is 22.8 Å². The van der Waals surface area contributed by atoms with Crippen LogP contribution in [0.3, 0.4) is 0 Å². The predicted octanol–water partition coefficient (Wildman–Crippen LogP) is 1.87. The van der Waals surface area contributed by atoms with Crippen LogP contribution in [0, 0.1) is 17.8 Å². The maximum absolute atomic E-state index is 12.7. The van der Waals surface area contributed by atoms with Gasteiger partial charge in [0.25, 0.3) is 0 Å². The maximum atomic E-state index is 12.7. The average Bonchev–Trinajstić information content (AvgIpc) is 2.65. The third kappa shape index (κ3) is 8.18. The third-order valence-electron chi connectivity index (χ3n) is 5.18. The van der Waals surface area contributed by atoms with Crippen molar-refractivity contribution in [3.8, 4) is 0 Å². The molecular weight excluding hydrogens is 406 g/mol. The van der Waals surface area contributed by atoms with Crippen LogP contribution >= 0.6 is 0 Å². The first-order chi connectivity index (χ1) is 13.9. The molecule has 0 saturated heterocycles. The highest BCUT2D eigenvalue weighted by Crippen LogP contribution is 2.26. The van der Waals surface area contributed by atoms with Crippen LogP contribution in [-0.4, -0.2) is 44.6 Å². The standard InChI is InChI=1S/C21H37N3O5S/c1-13(2)11-17(12-25)23-20(26)16(6)22-21(27)19(14(3)4)24-30(28,29)18-9-7-15(5)8-10-18/h9,12-17,19,24H,7-8,10-11H2,1-6H3,(H,22,27)(H,23,26)/t15-,16?,17?,19?/m0/s1.